The molecule has 3 rings (SSSR count). The number of nitrogens with zero attached hydrogens (tertiary/aromatic N) is 3. The number of H-pyrrole nitrogens is 1. The number of anilines is 1. The number of aromatic nitrogens is 2. The van der Waals surface area contributed by atoms with Crippen LogP contribution in [0.1, 0.15) is 16.1 Å². The van der Waals surface area contributed by atoms with E-state index in [1.54, 1.807) is 12.3 Å². The van der Waals surface area contributed by atoms with Crippen LogP contribution >= 0.6 is 0 Å². The highest BCUT2D eigenvalue weighted by atomic mass is 16.5. The van der Waals surface area contributed by atoms with Crippen LogP contribution in [-0.2, 0) is 4.74 Å². The zero-order chi connectivity index (χ0) is 15.2. The van der Waals surface area contributed by atoms with E-state index in [-0.39, 0.29) is 5.91 Å². The number of amides is 1. The van der Waals surface area contributed by atoms with E-state index >= 15 is 0 Å². The van der Waals surface area contributed by atoms with Gasteiger partial charge in [-0.2, -0.15) is 10.2 Å². The number of carbonyl (C=O) groups excluding carboxylic acids is 1. The van der Waals surface area contributed by atoms with Gasteiger partial charge in [0.2, 0.25) is 0 Å². The van der Waals surface area contributed by atoms with Gasteiger partial charge in [-0.25, -0.2) is 5.43 Å². The molecule has 22 heavy (non-hydrogen) atoms. The van der Waals surface area contributed by atoms with Gasteiger partial charge in [-0.15, -0.1) is 0 Å². The van der Waals surface area contributed by atoms with Crippen molar-refractivity contribution < 1.29 is 9.53 Å². The molecule has 1 fully saturated rings. The summed E-state index contributed by atoms with van der Waals surface area (Å²) in [5.41, 5.74) is 4.91. The average Bonchev–Trinajstić information content (AvgIpc) is 3.11. The molecule has 1 aliphatic heterocycles. The van der Waals surface area contributed by atoms with E-state index in [1.165, 1.54) is 11.9 Å². The summed E-state index contributed by atoms with van der Waals surface area (Å²) < 4.78 is 5.34. The maximum Gasteiger partial charge on any atom is 0.289 e. The summed E-state index contributed by atoms with van der Waals surface area (Å²) in [5, 5.41) is 10.2. The van der Waals surface area contributed by atoms with Crippen molar-refractivity contribution in [3.05, 3.63) is 47.8 Å². The molecule has 0 unspecified atom stereocenters. The normalized spacial score (nSPS) is 15.2. The topological polar surface area (TPSA) is 82.6 Å². The number of nitrogens with one attached hydrogen (secondary N) is 2. The van der Waals surface area contributed by atoms with Crippen LogP contribution in [0.4, 0.5) is 5.69 Å². The molecule has 7 nitrogen and oxygen atoms in total. The van der Waals surface area contributed by atoms with Gasteiger partial charge in [-0.05, 0) is 23.8 Å². The van der Waals surface area contributed by atoms with Crippen molar-refractivity contribution in [1.82, 2.24) is 15.6 Å². The van der Waals surface area contributed by atoms with Crippen LogP contribution in [0.25, 0.3) is 0 Å². The fraction of sp³-hybridized carbons (Fsp3) is 0.267. The Balaban J connectivity index is 1.56. The molecule has 1 saturated heterocycles. The molecule has 7 heteroatoms. The monoisotopic (exact) mass is 299 g/mol. The van der Waals surface area contributed by atoms with Gasteiger partial charge in [-0.1, -0.05) is 12.1 Å². The molecule has 0 aliphatic carbocycles. The molecular weight excluding hydrogens is 282 g/mol. The van der Waals surface area contributed by atoms with Gasteiger partial charge in [0.05, 0.1) is 19.4 Å². The number of hydrogen-bond donors (Lipinski definition) is 2. The maximum atomic E-state index is 11.6. The van der Waals surface area contributed by atoms with E-state index in [0.29, 0.717) is 5.69 Å². The molecule has 1 aromatic carbocycles. The van der Waals surface area contributed by atoms with Crippen molar-refractivity contribution in [3.8, 4) is 0 Å². The quantitative estimate of drug-likeness (QED) is 0.652. The number of aromatic amines is 1. The van der Waals surface area contributed by atoms with Crippen molar-refractivity contribution in [2.45, 2.75) is 0 Å². The second-order valence-corrected chi connectivity index (χ2v) is 4.86. The molecule has 0 spiro atoms. The van der Waals surface area contributed by atoms with Crippen LogP contribution in [-0.4, -0.2) is 48.6 Å². The number of hydrogen-bond acceptors (Lipinski definition) is 5. The highest BCUT2D eigenvalue weighted by Crippen LogP contribution is 2.15. The molecule has 2 heterocycles. The number of carbonyl (C=O) groups is 1. The minimum absolute atomic E-state index is 0.321. The highest BCUT2D eigenvalue weighted by Gasteiger charge is 2.10. The molecule has 0 saturated carbocycles. The van der Waals surface area contributed by atoms with Crippen LogP contribution in [0, 0.1) is 0 Å². The van der Waals surface area contributed by atoms with Gasteiger partial charge in [0, 0.05) is 25.0 Å². The zero-order valence-electron chi connectivity index (χ0n) is 12.0. The second kappa shape index (κ2) is 6.86. The summed E-state index contributed by atoms with van der Waals surface area (Å²) >= 11 is 0. The number of hydrazone groups is 1. The minimum Gasteiger partial charge on any atom is -0.378 e. The Kier molecular flexibility index (Phi) is 4.45. The average molecular weight is 299 g/mol. The minimum atomic E-state index is -0.321. The Morgan fingerprint density at radius 2 is 2.05 bits per heavy atom. The summed E-state index contributed by atoms with van der Waals surface area (Å²) in [6.45, 7) is 3.35. The third kappa shape index (κ3) is 3.50. The van der Waals surface area contributed by atoms with Crippen LogP contribution in [0.5, 0.6) is 0 Å². The molecule has 114 valence electrons. The lowest BCUT2D eigenvalue weighted by atomic mass is 10.2. The largest absolute Gasteiger partial charge is 0.378 e. The van der Waals surface area contributed by atoms with Gasteiger partial charge >= 0.3 is 0 Å². The molecule has 0 bridgehead atoms. The first-order valence-corrected chi connectivity index (χ1v) is 7.08. The standard InChI is InChI=1S/C15H17N5O2/c21-15(14-5-6-16-18-14)19-17-11-12-1-3-13(4-2-12)20-7-9-22-10-8-20/h1-6,11H,7-10H2,(H,16,18)(H,19,21). The molecule has 1 amide bonds. The predicted molar refractivity (Wildman–Crippen MR) is 83.1 cm³/mol. The Bertz CT molecular complexity index is 630. The van der Waals surface area contributed by atoms with Gasteiger partial charge in [-0.3, -0.25) is 9.89 Å². The first kappa shape index (κ1) is 14.3. The molecule has 2 aromatic rings. The van der Waals surface area contributed by atoms with E-state index in [0.717, 1.165) is 31.9 Å². The van der Waals surface area contributed by atoms with Crippen LogP contribution in [0.15, 0.2) is 41.6 Å². The Hall–Kier alpha value is -2.67. The van der Waals surface area contributed by atoms with Crippen molar-refractivity contribution in [2.75, 3.05) is 31.2 Å². The molecule has 1 aliphatic rings. The van der Waals surface area contributed by atoms with E-state index in [1.807, 2.05) is 24.3 Å². The first-order valence-electron chi connectivity index (χ1n) is 7.08. The first-order chi connectivity index (χ1) is 10.8. The summed E-state index contributed by atoms with van der Waals surface area (Å²) in [6.07, 6.45) is 3.13. The Morgan fingerprint density at radius 3 is 2.73 bits per heavy atom. The molecular formula is C15H17N5O2. The van der Waals surface area contributed by atoms with E-state index in [4.69, 9.17) is 4.74 Å². The highest BCUT2D eigenvalue weighted by molar-refractivity contribution is 5.93. The Labute approximate surface area is 128 Å². The maximum absolute atomic E-state index is 11.6. The summed E-state index contributed by atoms with van der Waals surface area (Å²) in [6, 6.07) is 9.61. The lowest BCUT2D eigenvalue weighted by molar-refractivity contribution is 0.0950. The second-order valence-electron chi connectivity index (χ2n) is 4.86. The zero-order valence-corrected chi connectivity index (χ0v) is 12.0. The van der Waals surface area contributed by atoms with Crippen molar-refractivity contribution in [2.24, 2.45) is 5.10 Å². The van der Waals surface area contributed by atoms with Gasteiger partial charge < -0.3 is 9.64 Å². The third-order valence-electron chi connectivity index (χ3n) is 3.39. The van der Waals surface area contributed by atoms with Crippen LogP contribution in [0.3, 0.4) is 0 Å². The number of benzene rings is 1. The summed E-state index contributed by atoms with van der Waals surface area (Å²) in [5.74, 6) is -0.321. The fourth-order valence-corrected chi connectivity index (χ4v) is 2.20. The van der Waals surface area contributed by atoms with Crippen molar-refractivity contribution in [3.63, 3.8) is 0 Å². The summed E-state index contributed by atoms with van der Waals surface area (Å²) in [4.78, 5) is 13.9. The fourth-order valence-electron chi connectivity index (χ4n) is 2.20. The van der Waals surface area contributed by atoms with E-state index < -0.39 is 0 Å². The molecule has 0 radical (unpaired) electrons. The smallest absolute Gasteiger partial charge is 0.289 e. The predicted octanol–water partition coefficient (Wildman–Crippen LogP) is 1.01. The van der Waals surface area contributed by atoms with Crippen LogP contribution in [0.2, 0.25) is 0 Å². The summed E-state index contributed by atoms with van der Waals surface area (Å²) in [7, 11) is 0. The molecule has 0 atom stereocenters. The molecule has 2 N–H and O–H groups in total. The number of morpholine rings is 1. The van der Waals surface area contributed by atoms with Crippen LogP contribution < -0.4 is 10.3 Å². The van der Waals surface area contributed by atoms with Gasteiger partial charge in [0.15, 0.2) is 0 Å². The van der Waals surface area contributed by atoms with Crippen molar-refractivity contribution in [1.29, 1.82) is 0 Å². The number of ether oxygens (including phenoxy) is 1. The van der Waals surface area contributed by atoms with E-state index in [9.17, 15) is 4.79 Å². The lowest BCUT2D eigenvalue weighted by Gasteiger charge is -2.28. The van der Waals surface area contributed by atoms with Gasteiger partial charge in [0.25, 0.3) is 5.91 Å². The SMILES string of the molecule is O=C(NN=Cc1ccc(N2CCOCC2)cc1)c1ccn[nH]1. The Morgan fingerprint density at radius 1 is 1.27 bits per heavy atom. The third-order valence-corrected chi connectivity index (χ3v) is 3.39. The lowest BCUT2D eigenvalue weighted by Crippen LogP contribution is -2.36. The van der Waals surface area contributed by atoms with Gasteiger partial charge in [0.1, 0.15) is 5.69 Å². The molecule has 1 aromatic heterocycles. The number of rotatable bonds is 4. The van der Waals surface area contributed by atoms with E-state index in [2.05, 4.69) is 25.6 Å². The van der Waals surface area contributed by atoms with Crippen molar-refractivity contribution >= 4 is 17.8 Å².